The van der Waals surface area contributed by atoms with E-state index in [9.17, 15) is 24.3 Å². The van der Waals surface area contributed by atoms with E-state index in [-0.39, 0.29) is 18.6 Å². The highest BCUT2D eigenvalue weighted by Crippen LogP contribution is 2.23. The molecule has 3 aromatic rings. The van der Waals surface area contributed by atoms with Crippen molar-refractivity contribution in [3.05, 3.63) is 76.1 Å². The Morgan fingerprint density at radius 3 is 2.41 bits per heavy atom. The average Bonchev–Trinajstić information content (AvgIpc) is 2.89. The standard InChI is InChI=1S/C26H28N2O9/c1-15(29)23(28-26(33)36-14-16-7-5-4-6-8-16)24(31)27-20(25(32)35-3)11-17-12-22(30)37-21-13-18(34-2)9-10-19(17)21/h4-10,12-13,15,20,23,29H,11,14H2,1-3H3,(H,27,31)(H,28,33)/t15-,20+,23+/m1/s1. The number of rotatable bonds is 10. The van der Waals surface area contributed by atoms with Crippen LogP contribution >= 0.6 is 0 Å². The first-order valence-corrected chi connectivity index (χ1v) is 11.4. The van der Waals surface area contributed by atoms with Crippen LogP contribution in [0, 0.1) is 0 Å². The van der Waals surface area contributed by atoms with E-state index in [0.29, 0.717) is 16.7 Å². The summed E-state index contributed by atoms with van der Waals surface area (Å²) >= 11 is 0. The molecule has 2 amide bonds. The Hall–Kier alpha value is -4.38. The van der Waals surface area contributed by atoms with Gasteiger partial charge < -0.3 is 34.4 Å². The van der Waals surface area contributed by atoms with Gasteiger partial charge in [-0.2, -0.15) is 0 Å². The molecule has 0 aliphatic heterocycles. The highest BCUT2D eigenvalue weighted by molar-refractivity contribution is 5.91. The SMILES string of the molecule is COC(=O)[C@H](Cc1cc(=O)oc2cc(OC)ccc12)NC(=O)[C@@H](NC(=O)OCc1ccccc1)[C@@H](C)O. The maximum absolute atomic E-state index is 13.0. The topological polar surface area (TPSA) is 153 Å². The number of esters is 1. The fourth-order valence-electron chi connectivity index (χ4n) is 3.62. The second kappa shape index (κ2) is 12.5. The highest BCUT2D eigenvalue weighted by atomic mass is 16.5. The molecule has 0 aliphatic rings. The third-order valence-corrected chi connectivity index (χ3v) is 5.51. The van der Waals surface area contributed by atoms with Gasteiger partial charge >= 0.3 is 17.7 Å². The molecular formula is C26H28N2O9. The molecule has 2 aromatic carbocycles. The van der Waals surface area contributed by atoms with Crippen LogP contribution < -0.4 is 21.0 Å². The Balaban J connectivity index is 1.76. The summed E-state index contributed by atoms with van der Waals surface area (Å²) in [6.07, 6.45) is -2.38. The van der Waals surface area contributed by atoms with Gasteiger partial charge in [0.2, 0.25) is 5.91 Å². The van der Waals surface area contributed by atoms with Crippen LogP contribution in [0.1, 0.15) is 18.1 Å². The minimum absolute atomic E-state index is 0.0416. The van der Waals surface area contributed by atoms with Crippen molar-refractivity contribution in [3.8, 4) is 5.75 Å². The van der Waals surface area contributed by atoms with Crippen LogP contribution in [0.3, 0.4) is 0 Å². The predicted octanol–water partition coefficient (Wildman–Crippen LogP) is 1.68. The second-order valence-electron chi connectivity index (χ2n) is 8.17. The minimum Gasteiger partial charge on any atom is -0.497 e. The molecule has 0 aliphatic carbocycles. The first-order valence-electron chi connectivity index (χ1n) is 11.4. The summed E-state index contributed by atoms with van der Waals surface area (Å²) in [4.78, 5) is 49.9. The van der Waals surface area contributed by atoms with E-state index in [0.717, 1.165) is 12.7 Å². The van der Waals surface area contributed by atoms with Crippen molar-refractivity contribution in [1.29, 1.82) is 0 Å². The number of fused-ring (bicyclic) bond motifs is 1. The van der Waals surface area contributed by atoms with E-state index in [1.54, 1.807) is 36.4 Å². The number of amides is 2. The van der Waals surface area contributed by atoms with Gasteiger partial charge in [0.05, 0.1) is 20.3 Å². The summed E-state index contributed by atoms with van der Waals surface area (Å²) in [6, 6.07) is 12.3. The van der Waals surface area contributed by atoms with E-state index in [1.807, 2.05) is 6.07 Å². The summed E-state index contributed by atoms with van der Waals surface area (Å²) in [6.45, 7) is 1.26. The number of aliphatic hydroxyl groups excluding tert-OH is 1. The summed E-state index contributed by atoms with van der Waals surface area (Å²) in [5.74, 6) is -1.18. The lowest BCUT2D eigenvalue weighted by molar-refractivity contribution is -0.145. The van der Waals surface area contributed by atoms with Crippen LogP contribution in [-0.2, 0) is 32.1 Å². The molecule has 0 radical (unpaired) electrons. The molecule has 1 heterocycles. The maximum Gasteiger partial charge on any atom is 0.408 e. The Morgan fingerprint density at radius 1 is 1.03 bits per heavy atom. The second-order valence-corrected chi connectivity index (χ2v) is 8.17. The van der Waals surface area contributed by atoms with Crippen molar-refractivity contribution < 1.29 is 38.1 Å². The molecule has 37 heavy (non-hydrogen) atoms. The Morgan fingerprint density at radius 2 is 1.76 bits per heavy atom. The molecule has 0 spiro atoms. The molecular weight excluding hydrogens is 484 g/mol. The van der Waals surface area contributed by atoms with Crippen LogP contribution in [0.5, 0.6) is 5.75 Å². The van der Waals surface area contributed by atoms with Gasteiger partial charge in [-0.15, -0.1) is 0 Å². The Bertz CT molecular complexity index is 1300. The molecule has 3 atom stereocenters. The summed E-state index contributed by atoms with van der Waals surface area (Å²) in [5.41, 5.74) is 0.726. The lowest BCUT2D eigenvalue weighted by atomic mass is 10.0. The van der Waals surface area contributed by atoms with Crippen molar-refractivity contribution in [2.24, 2.45) is 0 Å². The van der Waals surface area contributed by atoms with Crippen molar-refractivity contribution in [3.63, 3.8) is 0 Å². The number of methoxy groups -OCH3 is 2. The van der Waals surface area contributed by atoms with Gasteiger partial charge in [0.15, 0.2) is 0 Å². The van der Waals surface area contributed by atoms with Gasteiger partial charge in [0.1, 0.15) is 30.0 Å². The number of alkyl carbamates (subject to hydrolysis) is 1. The summed E-state index contributed by atoms with van der Waals surface area (Å²) < 4.78 is 20.3. The third-order valence-electron chi connectivity index (χ3n) is 5.51. The number of benzene rings is 2. The van der Waals surface area contributed by atoms with Crippen molar-refractivity contribution in [1.82, 2.24) is 10.6 Å². The van der Waals surface area contributed by atoms with Crippen molar-refractivity contribution in [2.75, 3.05) is 14.2 Å². The Kier molecular flexibility index (Phi) is 9.22. The van der Waals surface area contributed by atoms with E-state index < -0.39 is 41.8 Å². The zero-order valence-corrected chi connectivity index (χ0v) is 20.6. The normalized spacial score (nSPS) is 13.2. The maximum atomic E-state index is 13.0. The fraction of sp³-hybridized carbons (Fsp3) is 0.308. The number of aliphatic hydroxyl groups is 1. The molecule has 3 rings (SSSR count). The fourth-order valence-corrected chi connectivity index (χ4v) is 3.62. The largest absolute Gasteiger partial charge is 0.497 e. The number of nitrogens with one attached hydrogen (secondary N) is 2. The van der Waals surface area contributed by atoms with Crippen molar-refractivity contribution >= 4 is 28.9 Å². The predicted molar refractivity (Wildman–Crippen MR) is 132 cm³/mol. The molecule has 0 saturated carbocycles. The number of hydrogen-bond donors (Lipinski definition) is 3. The zero-order chi connectivity index (χ0) is 26.9. The van der Waals surface area contributed by atoms with Crippen LogP contribution in [0.4, 0.5) is 4.79 Å². The minimum atomic E-state index is -1.43. The monoisotopic (exact) mass is 512 g/mol. The smallest absolute Gasteiger partial charge is 0.408 e. The summed E-state index contributed by atoms with van der Waals surface area (Å²) in [7, 11) is 2.62. The first-order chi connectivity index (χ1) is 17.7. The van der Waals surface area contributed by atoms with E-state index in [2.05, 4.69) is 10.6 Å². The van der Waals surface area contributed by atoms with E-state index >= 15 is 0 Å². The Labute approximate surface area is 212 Å². The van der Waals surface area contributed by atoms with Gasteiger partial charge in [-0.25, -0.2) is 14.4 Å². The van der Waals surface area contributed by atoms with Gasteiger partial charge in [0.25, 0.3) is 0 Å². The number of carbonyl (C=O) groups is 3. The first kappa shape index (κ1) is 27.2. The number of ether oxygens (including phenoxy) is 3. The molecule has 3 N–H and O–H groups in total. The zero-order valence-electron chi connectivity index (χ0n) is 20.6. The van der Waals surface area contributed by atoms with Gasteiger partial charge in [-0.05, 0) is 30.2 Å². The van der Waals surface area contributed by atoms with Crippen LogP contribution in [0.15, 0.2) is 63.8 Å². The van der Waals surface area contributed by atoms with E-state index in [4.69, 9.17) is 18.6 Å². The highest BCUT2D eigenvalue weighted by Gasteiger charge is 2.31. The van der Waals surface area contributed by atoms with E-state index in [1.165, 1.54) is 26.2 Å². The van der Waals surface area contributed by atoms with Crippen molar-refractivity contribution in [2.45, 2.75) is 38.1 Å². The van der Waals surface area contributed by atoms with Gasteiger partial charge in [-0.1, -0.05) is 30.3 Å². The van der Waals surface area contributed by atoms with Crippen LogP contribution in [-0.4, -0.2) is 55.5 Å². The molecule has 0 unspecified atom stereocenters. The molecule has 0 bridgehead atoms. The molecule has 196 valence electrons. The lowest BCUT2D eigenvalue weighted by Crippen LogP contribution is -2.56. The number of carbonyl (C=O) groups excluding carboxylic acids is 3. The quantitative estimate of drug-likeness (QED) is 0.272. The third kappa shape index (κ3) is 7.31. The molecule has 11 heteroatoms. The molecule has 11 nitrogen and oxygen atoms in total. The molecule has 0 saturated heterocycles. The van der Waals surface area contributed by atoms with Crippen LogP contribution in [0.2, 0.25) is 0 Å². The van der Waals surface area contributed by atoms with Crippen LogP contribution in [0.25, 0.3) is 11.0 Å². The summed E-state index contributed by atoms with van der Waals surface area (Å²) in [5, 5.41) is 15.4. The molecule has 1 aromatic heterocycles. The number of hydrogen-bond acceptors (Lipinski definition) is 9. The average molecular weight is 513 g/mol. The van der Waals surface area contributed by atoms with Gasteiger partial charge in [0, 0.05) is 23.9 Å². The lowest BCUT2D eigenvalue weighted by Gasteiger charge is -2.24. The molecule has 0 fully saturated rings. The van der Waals surface area contributed by atoms with Gasteiger partial charge in [-0.3, -0.25) is 4.79 Å².